The quantitative estimate of drug-likeness (QED) is 0.638. The SMILES string of the molecule is O=C(NN=CCCC1CCCCC1)c1ccccc1O. The zero-order chi connectivity index (χ0) is 14.2. The molecule has 0 bridgehead atoms. The number of benzene rings is 1. The summed E-state index contributed by atoms with van der Waals surface area (Å²) in [5.41, 5.74) is 2.70. The number of rotatable bonds is 5. The summed E-state index contributed by atoms with van der Waals surface area (Å²) in [4.78, 5) is 11.7. The Morgan fingerprint density at radius 2 is 2.05 bits per heavy atom. The van der Waals surface area contributed by atoms with E-state index < -0.39 is 0 Å². The number of nitrogens with one attached hydrogen (secondary N) is 1. The van der Waals surface area contributed by atoms with Crippen LogP contribution in [0.4, 0.5) is 0 Å². The summed E-state index contributed by atoms with van der Waals surface area (Å²) in [5.74, 6) is 0.420. The molecular weight excluding hydrogens is 252 g/mol. The number of phenolic OH excluding ortho intramolecular Hbond substituents is 1. The van der Waals surface area contributed by atoms with Crippen LogP contribution in [0.1, 0.15) is 55.3 Å². The van der Waals surface area contributed by atoms with E-state index in [2.05, 4.69) is 10.5 Å². The van der Waals surface area contributed by atoms with Crippen LogP contribution in [0.3, 0.4) is 0 Å². The van der Waals surface area contributed by atoms with E-state index >= 15 is 0 Å². The van der Waals surface area contributed by atoms with Crippen LogP contribution in [0.5, 0.6) is 5.75 Å². The minimum Gasteiger partial charge on any atom is -0.507 e. The molecule has 0 radical (unpaired) electrons. The summed E-state index contributed by atoms with van der Waals surface area (Å²) >= 11 is 0. The maximum atomic E-state index is 11.7. The highest BCUT2D eigenvalue weighted by atomic mass is 16.3. The first-order valence-electron chi connectivity index (χ1n) is 7.37. The standard InChI is InChI=1S/C16H22N2O2/c19-15-11-5-4-10-14(15)16(20)18-17-12-6-9-13-7-2-1-3-8-13/h4-5,10-13,19H,1-3,6-9H2,(H,18,20). The molecule has 1 aromatic rings. The van der Waals surface area contributed by atoms with Gasteiger partial charge >= 0.3 is 0 Å². The Labute approximate surface area is 119 Å². The molecule has 0 spiro atoms. The minimum atomic E-state index is -0.378. The number of aromatic hydroxyl groups is 1. The molecule has 20 heavy (non-hydrogen) atoms. The van der Waals surface area contributed by atoms with Gasteiger partial charge in [0.25, 0.3) is 5.91 Å². The largest absolute Gasteiger partial charge is 0.507 e. The van der Waals surface area contributed by atoms with Crippen molar-refractivity contribution < 1.29 is 9.90 Å². The van der Waals surface area contributed by atoms with Gasteiger partial charge in [0.1, 0.15) is 5.75 Å². The average molecular weight is 274 g/mol. The van der Waals surface area contributed by atoms with Gasteiger partial charge in [0, 0.05) is 6.21 Å². The van der Waals surface area contributed by atoms with E-state index in [9.17, 15) is 9.90 Å². The number of hydrogen-bond acceptors (Lipinski definition) is 3. The predicted molar refractivity (Wildman–Crippen MR) is 79.9 cm³/mol. The average Bonchev–Trinajstić information content (AvgIpc) is 2.48. The van der Waals surface area contributed by atoms with Crippen molar-refractivity contribution in [3.63, 3.8) is 0 Å². The third-order valence-electron chi connectivity index (χ3n) is 3.83. The first-order valence-corrected chi connectivity index (χ1v) is 7.37. The number of para-hydroxylation sites is 1. The van der Waals surface area contributed by atoms with Crippen LogP contribution in [0, 0.1) is 5.92 Å². The second kappa shape index (κ2) is 7.68. The summed E-state index contributed by atoms with van der Waals surface area (Å²) < 4.78 is 0. The Bertz CT molecular complexity index is 465. The molecule has 0 unspecified atom stereocenters. The molecule has 108 valence electrons. The molecule has 1 aliphatic rings. The lowest BCUT2D eigenvalue weighted by Crippen LogP contribution is -2.17. The van der Waals surface area contributed by atoms with E-state index in [1.54, 1.807) is 24.4 Å². The fourth-order valence-corrected chi connectivity index (χ4v) is 2.68. The van der Waals surface area contributed by atoms with Gasteiger partial charge in [-0.3, -0.25) is 4.79 Å². The maximum Gasteiger partial charge on any atom is 0.275 e. The van der Waals surface area contributed by atoms with Crippen LogP contribution >= 0.6 is 0 Å². The molecule has 0 saturated heterocycles. The van der Waals surface area contributed by atoms with Gasteiger partial charge in [0.2, 0.25) is 0 Å². The fourth-order valence-electron chi connectivity index (χ4n) is 2.68. The zero-order valence-corrected chi connectivity index (χ0v) is 11.7. The van der Waals surface area contributed by atoms with Crippen LogP contribution in [0.2, 0.25) is 0 Å². The van der Waals surface area contributed by atoms with E-state index in [1.807, 2.05) is 0 Å². The highest BCUT2D eigenvalue weighted by Gasteiger charge is 2.12. The highest BCUT2D eigenvalue weighted by molar-refractivity contribution is 5.96. The molecule has 1 saturated carbocycles. The molecule has 1 aromatic carbocycles. The zero-order valence-electron chi connectivity index (χ0n) is 11.7. The Balaban J connectivity index is 1.70. The molecule has 1 aliphatic carbocycles. The van der Waals surface area contributed by atoms with Gasteiger partial charge in [-0.2, -0.15) is 5.10 Å². The molecule has 0 heterocycles. The van der Waals surface area contributed by atoms with Crippen molar-refractivity contribution in [1.29, 1.82) is 0 Å². The molecule has 0 aliphatic heterocycles. The summed E-state index contributed by atoms with van der Waals surface area (Å²) in [6.07, 6.45) is 10.5. The number of phenols is 1. The Kier molecular flexibility index (Phi) is 5.59. The molecule has 2 rings (SSSR count). The van der Waals surface area contributed by atoms with E-state index in [4.69, 9.17) is 0 Å². The van der Waals surface area contributed by atoms with Gasteiger partial charge in [0.05, 0.1) is 5.56 Å². The monoisotopic (exact) mass is 274 g/mol. The first kappa shape index (κ1) is 14.6. The number of nitrogens with zero attached hydrogens (tertiary/aromatic N) is 1. The van der Waals surface area contributed by atoms with Gasteiger partial charge in [-0.15, -0.1) is 0 Å². The first-order chi connectivity index (χ1) is 9.77. The summed E-state index contributed by atoms with van der Waals surface area (Å²) in [6.45, 7) is 0. The molecular formula is C16H22N2O2. The molecule has 4 heteroatoms. The number of hydrazone groups is 1. The number of carbonyl (C=O) groups excluding carboxylic acids is 1. The summed E-state index contributed by atoms with van der Waals surface area (Å²) in [7, 11) is 0. The van der Waals surface area contributed by atoms with Gasteiger partial charge in [0.15, 0.2) is 0 Å². The van der Waals surface area contributed by atoms with Crippen LogP contribution in [0.15, 0.2) is 29.4 Å². The Morgan fingerprint density at radius 1 is 1.30 bits per heavy atom. The van der Waals surface area contributed by atoms with Crippen LogP contribution < -0.4 is 5.43 Å². The second-order valence-corrected chi connectivity index (χ2v) is 5.35. The number of carbonyl (C=O) groups is 1. The minimum absolute atomic E-state index is 0.0256. The molecule has 1 fully saturated rings. The molecule has 0 atom stereocenters. The number of amides is 1. The van der Waals surface area contributed by atoms with Crippen molar-refractivity contribution in [2.75, 3.05) is 0 Å². The molecule has 1 amide bonds. The summed E-state index contributed by atoms with van der Waals surface area (Å²) in [6, 6.07) is 6.45. The lowest BCUT2D eigenvalue weighted by atomic mass is 9.86. The smallest absolute Gasteiger partial charge is 0.275 e. The predicted octanol–water partition coefficient (Wildman–Crippen LogP) is 3.47. The molecule has 4 nitrogen and oxygen atoms in total. The third-order valence-corrected chi connectivity index (χ3v) is 3.83. The van der Waals surface area contributed by atoms with Crippen molar-refractivity contribution in [3.05, 3.63) is 29.8 Å². The van der Waals surface area contributed by atoms with Crippen molar-refractivity contribution in [2.24, 2.45) is 11.0 Å². The van der Waals surface area contributed by atoms with Gasteiger partial charge in [-0.25, -0.2) is 5.43 Å². The van der Waals surface area contributed by atoms with E-state index in [0.717, 1.165) is 18.8 Å². The Hall–Kier alpha value is -1.84. The summed E-state index contributed by atoms with van der Waals surface area (Å²) in [5, 5.41) is 13.5. The van der Waals surface area contributed by atoms with Crippen LogP contribution in [-0.2, 0) is 0 Å². The van der Waals surface area contributed by atoms with Crippen molar-refractivity contribution in [3.8, 4) is 5.75 Å². The molecule has 2 N–H and O–H groups in total. The van der Waals surface area contributed by atoms with Crippen molar-refractivity contribution >= 4 is 12.1 Å². The van der Waals surface area contributed by atoms with Gasteiger partial charge < -0.3 is 5.11 Å². The van der Waals surface area contributed by atoms with Crippen LogP contribution in [0.25, 0.3) is 0 Å². The molecule has 0 aromatic heterocycles. The topological polar surface area (TPSA) is 61.7 Å². The van der Waals surface area contributed by atoms with Gasteiger partial charge in [-0.1, -0.05) is 44.2 Å². The number of hydrogen-bond donors (Lipinski definition) is 2. The highest BCUT2D eigenvalue weighted by Crippen LogP contribution is 2.26. The van der Waals surface area contributed by atoms with Gasteiger partial charge in [-0.05, 0) is 30.9 Å². The Morgan fingerprint density at radius 3 is 2.80 bits per heavy atom. The lowest BCUT2D eigenvalue weighted by molar-refractivity contribution is 0.0952. The normalized spacial score (nSPS) is 16.4. The maximum absolute atomic E-state index is 11.7. The second-order valence-electron chi connectivity index (χ2n) is 5.35. The van der Waals surface area contributed by atoms with E-state index in [0.29, 0.717) is 0 Å². The van der Waals surface area contributed by atoms with Crippen molar-refractivity contribution in [2.45, 2.75) is 44.9 Å². The lowest BCUT2D eigenvalue weighted by Gasteiger charge is -2.20. The fraction of sp³-hybridized carbons (Fsp3) is 0.500. The van der Waals surface area contributed by atoms with E-state index in [1.165, 1.54) is 38.2 Å². The third kappa shape index (κ3) is 4.37. The van der Waals surface area contributed by atoms with Crippen LogP contribution in [-0.4, -0.2) is 17.2 Å². The van der Waals surface area contributed by atoms with Crippen molar-refractivity contribution in [1.82, 2.24) is 5.43 Å². The van der Waals surface area contributed by atoms with E-state index in [-0.39, 0.29) is 17.2 Å².